The second kappa shape index (κ2) is 73.0. The second-order valence-corrected chi connectivity index (χ2v) is 32.2. The van der Waals surface area contributed by atoms with Gasteiger partial charge in [0.25, 0.3) is 0 Å². The van der Waals surface area contributed by atoms with Crippen LogP contribution in [-0.2, 0) is 65.4 Å². The fraction of sp³-hybridized carbons (Fsp3) is 0.950. The van der Waals surface area contributed by atoms with Crippen LogP contribution in [-0.4, -0.2) is 96.7 Å². The van der Waals surface area contributed by atoms with Crippen LogP contribution in [0.3, 0.4) is 0 Å². The molecule has 0 fully saturated rings. The van der Waals surface area contributed by atoms with Gasteiger partial charge in [-0.3, -0.25) is 37.3 Å². The fourth-order valence-electron chi connectivity index (χ4n) is 12.4. The number of phosphoric acid groups is 2. The molecule has 0 aliphatic heterocycles. The molecule has 0 bridgehead atoms. The van der Waals surface area contributed by atoms with E-state index in [1.54, 1.807) is 0 Å². The Labute approximate surface area is 607 Å². The van der Waals surface area contributed by atoms with Crippen molar-refractivity contribution < 1.29 is 80.2 Å². The molecule has 17 nitrogen and oxygen atoms in total. The molecule has 0 amide bonds. The molecule has 0 radical (unpaired) electrons. The van der Waals surface area contributed by atoms with Crippen molar-refractivity contribution in [3.05, 3.63) is 0 Å². The van der Waals surface area contributed by atoms with E-state index in [1.807, 2.05) is 0 Å². The van der Waals surface area contributed by atoms with Crippen LogP contribution in [0, 0.1) is 5.92 Å². The lowest BCUT2D eigenvalue weighted by Gasteiger charge is -2.21. The number of aliphatic hydroxyl groups excluding tert-OH is 1. The van der Waals surface area contributed by atoms with Crippen LogP contribution in [0.4, 0.5) is 0 Å². The molecule has 0 rings (SSSR count). The number of carbonyl (C=O) groups is 4. The van der Waals surface area contributed by atoms with Gasteiger partial charge >= 0.3 is 39.5 Å². The van der Waals surface area contributed by atoms with E-state index >= 15 is 0 Å². The van der Waals surface area contributed by atoms with Gasteiger partial charge < -0.3 is 33.8 Å². The summed E-state index contributed by atoms with van der Waals surface area (Å²) in [4.78, 5) is 73.0. The van der Waals surface area contributed by atoms with Gasteiger partial charge in [0.1, 0.15) is 19.3 Å². The number of phosphoric ester groups is 2. The normalized spacial score (nSPS) is 13.9. The molecular weight excluding hydrogens is 1290 g/mol. The van der Waals surface area contributed by atoms with Gasteiger partial charge in [0.05, 0.1) is 26.4 Å². The number of esters is 4. The topological polar surface area (TPSA) is 237 Å². The highest BCUT2D eigenvalue weighted by Crippen LogP contribution is 2.45. The zero-order valence-corrected chi connectivity index (χ0v) is 66.4. The molecule has 2 unspecified atom stereocenters. The van der Waals surface area contributed by atoms with E-state index in [2.05, 4.69) is 34.6 Å². The van der Waals surface area contributed by atoms with Gasteiger partial charge in [-0.25, -0.2) is 9.13 Å². The number of aliphatic hydroxyl groups is 1. The van der Waals surface area contributed by atoms with Crippen molar-refractivity contribution in [3.8, 4) is 0 Å². The Hall–Kier alpha value is -1.94. The van der Waals surface area contributed by atoms with Gasteiger partial charge in [0.2, 0.25) is 0 Å². The second-order valence-electron chi connectivity index (χ2n) is 29.3. The van der Waals surface area contributed by atoms with Crippen LogP contribution in [0.15, 0.2) is 0 Å². The lowest BCUT2D eigenvalue weighted by molar-refractivity contribution is -0.161. The van der Waals surface area contributed by atoms with Crippen molar-refractivity contribution in [2.75, 3.05) is 39.6 Å². The third-order valence-electron chi connectivity index (χ3n) is 18.8. The summed E-state index contributed by atoms with van der Waals surface area (Å²) in [5.41, 5.74) is 0. The molecule has 0 saturated heterocycles. The first-order valence-electron chi connectivity index (χ1n) is 41.6. The summed E-state index contributed by atoms with van der Waals surface area (Å²) in [5.74, 6) is -1.32. The van der Waals surface area contributed by atoms with Gasteiger partial charge in [-0.05, 0) is 31.6 Å². The standard InChI is InChI=1S/C80H156O17P2/c1-6-9-12-15-18-21-24-27-28-29-30-31-32-33-34-41-46-51-56-61-66-80(85)97-76(70-91-78(83)64-59-54-49-44-40-36-35-37-42-47-52-57-62-73(4)5)72-95-99(88,89)93-68-74(81)67-92-98(86,87)94-71-75(96-79(84)65-60-55-50-45-39-26-23-20-17-14-11-8-3)69-90-77(82)63-58-53-48-43-38-25-22-19-16-13-10-7-2/h73-76,81H,6-72H2,1-5H3,(H,86,87)(H,88,89)/t74-,75+,76+/m0/s1. The first-order valence-corrected chi connectivity index (χ1v) is 44.6. The van der Waals surface area contributed by atoms with Crippen LogP contribution < -0.4 is 0 Å². The average Bonchev–Trinajstić information content (AvgIpc) is 1.26. The zero-order valence-electron chi connectivity index (χ0n) is 64.6. The van der Waals surface area contributed by atoms with Gasteiger partial charge in [-0.2, -0.15) is 0 Å². The first-order chi connectivity index (χ1) is 48.0. The molecule has 0 aliphatic rings. The lowest BCUT2D eigenvalue weighted by Crippen LogP contribution is -2.30. The quantitative estimate of drug-likeness (QED) is 0.0222. The maximum absolute atomic E-state index is 13.1. The van der Waals surface area contributed by atoms with Crippen molar-refractivity contribution in [3.63, 3.8) is 0 Å². The van der Waals surface area contributed by atoms with Crippen molar-refractivity contribution in [1.29, 1.82) is 0 Å². The largest absolute Gasteiger partial charge is 0.472 e. The molecule has 0 aromatic heterocycles. The Kier molecular flexibility index (Phi) is 71.6. The predicted octanol–water partition coefficient (Wildman–Crippen LogP) is 24.0. The smallest absolute Gasteiger partial charge is 0.462 e. The van der Waals surface area contributed by atoms with Crippen molar-refractivity contribution in [2.24, 2.45) is 5.92 Å². The Balaban J connectivity index is 5.23. The number of hydrogen-bond acceptors (Lipinski definition) is 15. The number of ether oxygens (including phenoxy) is 4. The molecule has 19 heteroatoms. The van der Waals surface area contributed by atoms with Gasteiger partial charge in [-0.1, -0.05) is 375 Å². The molecule has 0 spiro atoms. The minimum atomic E-state index is -4.96. The third-order valence-corrected chi connectivity index (χ3v) is 20.7. The van der Waals surface area contributed by atoms with Gasteiger partial charge in [0, 0.05) is 25.7 Å². The van der Waals surface area contributed by atoms with Crippen molar-refractivity contribution >= 4 is 39.5 Å². The van der Waals surface area contributed by atoms with Crippen LogP contribution in [0.2, 0.25) is 0 Å². The van der Waals surface area contributed by atoms with Crippen LogP contribution >= 0.6 is 15.6 Å². The summed E-state index contributed by atoms with van der Waals surface area (Å²) in [5, 5.41) is 10.6. The third kappa shape index (κ3) is 74.1. The van der Waals surface area contributed by atoms with E-state index in [-0.39, 0.29) is 25.7 Å². The number of carbonyl (C=O) groups excluding carboxylic acids is 4. The zero-order chi connectivity index (χ0) is 72.7. The highest BCUT2D eigenvalue weighted by atomic mass is 31.2. The summed E-state index contributed by atoms with van der Waals surface area (Å²) in [6.07, 6.45) is 63.7. The maximum atomic E-state index is 13.1. The van der Waals surface area contributed by atoms with Crippen molar-refractivity contribution in [1.82, 2.24) is 0 Å². The molecule has 0 heterocycles. The Morgan fingerprint density at radius 3 is 0.687 bits per heavy atom. The van der Waals surface area contributed by atoms with E-state index in [4.69, 9.17) is 37.0 Å². The lowest BCUT2D eigenvalue weighted by atomic mass is 10.0. The molecule has 99 heavy (non-hydrogen) atoms. The van der Waals surface area contributed by atoms with E-state index in [0.29, 0.717) is 25.7 Å². The van der Waals surface area contributed by atoms with Crippen LogP contribution in [0.1, 0.15) is 426 Å². The fourth-order valence-corrected chi connectivity index (χ4v) is 14.0. The molecule has 0 saturated carbocycles. The summed E-state index contributed by atoms with van der Waals surface area (Å²) in [6, 6.07) is 0. The van der Waals surface area contributed by atoms with E-state index in [1.165, 1.54) is 250 Å². The number of hydrogen-bond donors (Lipinski definition) is 3. The summed E-state index contributed by atoms with van der Waals surface area (Å²) < 4.78 is 68.7. The molecular formula is C80H156O17P2. The first kappa shape index (κ1) is 97.1. The van der Waals surface area contributed by atoms with Gasteiger partial charge in [-0.15, -0.1) is 0 Å². The molecule has 5 atom stereocenters. The van der Waals surface area contributed by atoms with Crippen LogP contribution in [0.5, 0.6) is 0 Å². The average molecular weight is 1450 g/mol. The Morgan fingerprint density at radius 1 is 0.273 bits per heavy atom. The number of unbranched alkanes of at least 4 members (excludes halogenated alkanes) is 52. The monoisotopic (exact) mass is 1450 g/mol. The number of rotatable bonds is 80. The molecule has 3 N–H and O–H groups in total. The van der Waals surface area contributed by atoms with Crippen molar-refractivity contribution in [2.45, 2.75) is 445 Å². The minimum Gasteiger partial charge on any atom is -0.462 e. The van der Waals surface area contributed by atoms with E-state index in [9.17, 15) is 43.2 Å². The van der Waals surface area contributed by atoms with E-state index in [0.717, 1.165) is 95.8 Å². The highest BCUT2D eigenvalue weighted by Gasteiger charge is 2.30. The minimum absolute atomic E-state index is 0.108. The Bertz CT molecular complexity index is 1890. The van der Waals surface area contributed by atoms with Crippen LogP contribution in [0.25, 0.3) is 0 Å². The highest BCUT2D eigenvalue weighted by molar-refractivity contribution is 7.47. The summed E-state index contributed by atoms with van der Waals surface area (Å²) >= 11 is 0. The summed E-state index contributed by atoms with van der Waals surface area (Å²) in [7, 11) is -9.92. The molecule has 0 aromatic carbocycles. The predicted molar refractivity (Wildman–Crippen MR) is 405 cm³/mol. The van der Waals surface area contributed by atoms with E-state index < -0.39 is 97.5 Å². The van der Waals surface area contributed by atoms with Gasteiger partial charge in [0.15, 0.2) is 12.2 Å². The SMILES string of the molecule is CCCCCCCCCCCCCCCCCCCCCCC(=O)O[C@H](COC(=O)CCCCCCCCCCCCCCC(C)C)COP(=O)(O)OC[C@@H](O)COP(=O)(O)OC[C@@H](COC(=O)CCCCCCCCCCCCCC)OC(=O)CCCCCCCCCCCCCC. The summed E-state index contributed by atoms with van der Waals surface area (Å²) in [6.45, 7) is 7.34. The molecule has 0 aromatic rings. The maximum Gasteiger partial charge on any atom is 0.472 e. The molecule has 0 aliphatic carbocycles. The Morgan fingerprint density at radius 2 is 0.465 bits per heavy atom. The molecule has 588 valence electrons.